The van der Waals surface area contributed by atoms with Gasteiger partial charge < -0.3 is 31.7 Å². The number of nitrogen functional groups attached to an aromatic ring is 1. The van der Waals surface area contributed by atoms with Crippen molar-refractivity contribution in [2.75, 3.05) is 37.3 Å². The Balaban J connectivity index is 2.19. The zero-order valence-electron chi connectivity index (χ0n) is 20.2. The van der Waals surface area contributed by atoms with Gasteiger partial charge in [-0.05, 0) is 49.1 Å². The van der Waals surface area contributed by atoms with E-state index in [1.807, 2.05) is 18.7 Å². The fourth-order valence-electron chi connectivity index (χ4n) is 3.38. The molecule has 1 atom stereocenters. The Bertz CT molecular complexity index is 1070. The predicted octanol–water partition coefficient (Wildman–Crippen LogP) is 2.18. The molecule has 2 aromatic carbocycles. The lowest BCUT2D eigenvalue weighted by atomic mass is 10.0. The number of benzene rings is 2. The van der Waals surface area contributed by atoms with E-state index in [0.717, 1.165) is 37.5 Å². The smallest absolute Gasteiger partial charge is 0.329 e. The number of hydrogen-bond donors (Lipinski definition) is 4. The molecule has 2 rings (SSSR count). The number of rotatable bonds is 12. The van der Waals surface area contributed by atoms with Gasteiger partial charge >= 0.3 is 5.97 Å². The van der Waals surface area contributed by atoms with Gasteiger partial charge in [0.25, 0.3) is 5.91 Å². The fraction of sp³-hybridized carbons (Fsp3) is 0.320. The minimum absolute atomic E-state index is 0.0228. The van der Waals surface area contributed by atoms with Crippen LogP contribution in [0.15, 0.2) is 48.7 Å². The number of halogens is 2. The molecule has 11 heteroatoms. The second-order valence-electron chi connectivity index (χ2n) is 7.83. The van der Waals surface area contributed by atoms with Crippen molar-refractivity contribution < 1.29 is 27.9 Å². The van der Waals surface area contributed by atoms with E-state index in [1.165, 1.54) is 0 Å². The van der Waals surface area contributed by atoms with Gasteiger partial charge in [-0.25, -0.2) is 13.6 Å². The SMILES string of the molecule is CCN(CC)CCOC(=O)[C@H](Cc1ccc(NC(=O)/C=C\N)cc1)NC(=O)c1c(F)cc(N)cc1F. The van der Waals surface area contributed by atoms with Crippen molar-refractivity contribution in [2.24, 2.45) is 5.73 Å². The molecule has 9 nitrogen and oxygen atoms in total. The first-order valence-electron chi connectivity index (χ1n) is 11.4. The largest absolute Gasteiger partial charge is 0.463 e. The molecule has 0 radical (unpaired) electrons. The molecule has 2 amide bonds. The summed E-state index contributed by atoms with van der Waals surface area (Å²) in [5, 5.41) is 4.97. The minimum Gasteiger partial charge on any atom is -0.463 e. The Morgan fingerprint density at radius 2 is 1.69 bits per heavy atom. The highest BCUT2D eigenvalue weighted by Crippen LogP contribution is 2.18. The lowest BCUT2D eigenvalue weighted by molar-refractivity contribution is -0.146. The summed E-state index contributed by atoms with van der Waals surface area (Å²) in [5.74, 6) is -4.58. The average Bonchev–Trinajstić information content (AvgIpc) is 2.82. The van der Waals surface area contributed by atoms with Crippen LogP contribution in [0, 0.1) is 11.6 Å². The van der Waals surface area contributed by atoms with E-state index in [4.69, 9.17) is 16.2 Å². The van der Waals surface area contributed by atoms with E-state index in [2.05, 4.69) is 10.6 Å². The third-order valence-electron chi connectivity index (χ3n) is 5.34. The van der Waals surface area contributed by atoms with Crippen LogP contribution in [0.5, 0.6) is 0 Å². The number of hydrogen-bond acceptors (Lipinski definition) is 7. The van der Waals surface area contributed by atoms with Crippen LogP contribution in [0.1, 0.15) is 29.8 Å². The number of carbonyl (C=O) groups excluding carboxylic acids is 3. The molecule has 0 bridgehead atoms. The maximum Gasteiger partial charge on any atom is 0.329 e. The molecule has 0 spiro atoms. The van der Waals surface area contributed by atoms with Crippen LogP contribution in [0.4, 0.5) is 20.2 Å². The number of likely N-dealkylation sites (N-methyl/N-ethyl adjacent to an activating group) is 1. The predicted molar refractivity (Wildman–Crippen MR) is 133 cm³/mol. The highest BCUT2D eigenvalue weighted by molar-refractivity contribution is 5.99. The fourth-order valence-corrected chi connectivity index (χ4v) is 3.38. The molecule has 0 aliphatic rings. The van der Waals surface area contributed by atoms with Crippen LogP contribution in [-0.2, 0) is 20.7 Å². The molecule has 0 aliphatic heterocycles. The molecular weight excluding hydrogens is 472 g/mol. The standard InChI is InChI=1S/C25H31F2N5O4/c1-3-32(4-2)11-12-36-25(35)21(31-24(34)23-19(26)14-17(29)15-20(23)27)13-16-5-7-18(8-6-16)30-22(33)9-10-28/h5-10,14-15,21H,3-4,11-13,28-29H2,1-2H3,(H,30,33)(H,31,34)/b10-9-/t21-/m0/s1. The number of nitrogens with two attached hydrogens (primary N) is 2. The lowest BCUT2D eigenvalue weighted by Gasteiger charge is -2.21. The monoisotopic (exact) mass is 503 g/mol. The van der Waals surface area contributed by atoms with E-state index < -0.39 is 41.0 Å². The summed E-state index contributed by atoms with van der Waals surface area (Å²) >= 11 is 0. The molecule has 6 N–H and O–H groups in total. The van der Waals surface area contributed by atoms with E-state index in [1.54, 1.807) is 24.3 Å². The van der Waals surface area contributed by atoms with Crippen molar-refractivity contribution in [3.63, 3.8) is 0 Å². The third-order valence-corrected chi connectivity index (χ3v) is 5.34. The molecule has 0 saturated carbocycles. The number of ether oxygens (including phenoxy) is 1. The Morgan fingerprint density at radius 1 is 1.08 bits per heavy atom. The first-order chi connectivity index (χ1) is 17.2. The zero-order valence-corrected chi connectivity index (χ0v) is 20.2. The Hall–Kier alpha value is -3.99. The Morgan fingerprint density at radius 3 is 2.25 bits per heavy atom. The molecule has 194 valence electrons. The maximum absolute atomic E-state index is 14.3. The summed E-state index contributed by atoms with van der Waals surface area (Å²) < 4.78 is 33.9. The van der Waals surface area contributed by atoms with Crippen molar-refractivity contribution in [1.29, 1.82) is 0 Å². The quantitative estimate of drug-likeness (QED) is 0.198. The molecule has 0 fully saturated rings. The molecule has 2 aromatic rings. The average molecular weight is 504 g/mol. The minimum atomic E-state index is -1.23. The van der Waals surface area contributed by atoms with Crippen LogP contribution in [0.3, 0.4) is 0 Å². The third kappa shape index (κ3) is 8.35. The van der Waals surface area contributed by atoms with Crippen LogP contribution in [0.2, 0.25) is 0 Å². The Kier molecular flexibility index (Phi) is 10.8. The lowest BCUT2D eigenvalue weighted by Crippen LogP contribution is -2.44. The van der Waals surface area contributed by atoms with Gasteiger partial charge in [-0.1, -0.05) is 26.0 Å². The van der Waals surface area contributed by atoms with Crippen LogP contribution in [-0.4, -0.2) is 55.0 Å². The molecule has 0 saturated heterocycles. The number of nitrogens with zero attached hydrogens (tertiary/aromatic N) is 1. The number of carbonyl (C=O) groups is 3. The van der Waals surface area contributed by atoms with Gasteiger partial charge in [0.15, 0.2) is 0 Å². The van der Waals surface area contributed by atoms with Crippen LogP contribution >= 0.6 is 0 Å². The van der Waals surface area contributed by atoms with E-state index >= 15 is 0 Å². The van der Waals surface area contributed by atoms with Gasteiger partial charge in [0, 0.05) is 30.4 Å². The summed E-state index contributed by atoms with van der Waals surface area (Å²) in [6.07, 6.45) is 2.24. The number of amides is 2. The van der Waals surface area contributed by atoms with Gasteiger partial charge in [0.2, 0.25) is 5.91 Å². The summed E-state index contributed by atoms with van der Waals surface area (Å²) in [6.45, 7) is 6.07. The van der Waals surface area contributed by atoms with Crippen molar-refractivity contribution in [2.45, 2.75) is 26.3 Å². The van der Waals surface area contributed by atoms with Gasteiger partial charge in [-0.3, -0.25) is 9.59 Å². The number of nitrogens with one attached hydrogen (secondary N) is 2. The summed E-state index contributed by atoms with van der Waals surface area (Å²) in [7, 11) is 0. The summed E-state index contributed by atoms with van der Waals surface area (Å²) in [5.41, 5.74) is 10.7. The molecule has 36 heavy (non-hydrogen) atoms. The van der Waals surface area contributed by atoms with Crippen LogP contribution < -0.4 is 22.1 Å². The molecule has 0 heterocycles. The van der Waals surface area contributed by atoms with E-state index in [-0.39, 0.29) is 18.7 Å². The zero-order chi connectivity index (χ0) is 26.7. The highest BCUT2D eigenvalue weighted by Gasteiger charge is 2.27. The number of esters is 1. The summed E-state index contributed by atoms with van der Waals surface area (Å²) in [4.78, 5) is 39.2. The topological polar surface area (TPSA) is 140 Å². The van der Waals surface area contributed by atoms with Gasteiger partial charge in [-0.15, -0.1) is 0 Å². The van der Waals surface area contributed by atoms with Crippen molar-refractivity contribution in [3.8, 4) is 0 Å². The number of anilines is 2. The van der Waals surface area contributed by atoms with Crippen LogP contribution in [0.25, 0.3) is 0 Å². The normalized spacial score (nSPS) is 11.9. The Labute approximate surface area is 208 Å². The molecule has 0 aromatic heterocycles. The van der Waals surface area contributed by atoms with Crippen molar-refractivity contribution in [3.05, 3.63) is 71.4 Å². The molecule has 0 unspecified atom stereocenters. The second kappa shape index (κ2) is 13.8. The summed E-state index contributed by atoms with van der Waals surface area (Å²) in [6, 6.07) is 6.88. The molecule has 0 aliphatic carbocycles. The van der Waals surface area contributed by atoms with Crippen molar-refractivity contribution in [1.82, 2.24) is 10.2 Å². The van der Waals surface area contributed by atoms with E-state index in [9.17, 15) is 23.2 Å². The van der Waals surface area contributed by atoms with Gasteiger partial charge in [-0.2, -0.15) is 0 Å². The first-order valence-corrected chi connectivity index (χ1v) is 11.4. The van der Waals surface area contributed by atoms with Gasteiger partial charge in [0.1, 0.15) is 29.8 Å². The maximum atomic E-state index is 14.3. The van der Waals surface area contributed by atoms with E-state index in [0.29, 0.717) is 17.8 Å². The van der Waals surface area contributed by atoms with Gasteiger partial charge in [0.05, 0.1) is 0 Å². The highest BCUT2D eigenvalue weighted by atomic mass is 19.1. The second-order valence-corrected chi connectivity index (χ2v) is 7.83. The van der Waals surface area contributed by atoms with Crippen molar-refractivity contribution >= 4 is 29.2 Å². The molecular formula is C25H31F2N5O4. The first kappa shape index (κ1) is 28.2.